The zero-order chi connectivity index (χ0) is 11.7. The lowest BCUT2D eigenvalue weighted by molar-refractivity contribution is 0.174. The number of aliphatic hydroxyl groups excluding tert-OH is 1. The van der Waals surface area contributed by atoms with Crippen LogP contribution in [0.1, 0.15) is 24.7 Å². The van der Waals surface area contributed by atoms with Crippen LogP contribution in [0, 0.1) is 6.92 Å². The summed E-state index contributed by atoms with van der Waals surface area (Å²) < 4.78 is 1.95. The molecule has 0 saturated carbocycles. The molecule has 2 heterocycles. The predicted octanol–water partition coefficient (Wildman–Crippen LogP) is 1.43. The van der Waals surface area contributed by atoms with E-state index in [1.54, 1.807) is 0 Å². The number of aryl methyl sites for hydroxylation is 2. The van der Waals surface area contributed by atoms with Crippen LogP contribution in [0.25, 0.3) is 0 Å². The van der Waals surface area contributed by atoms with Crippen LogP contribution in [0.3, 0.4) is 0 Å². The number of rotatable bonds is 3. The van der Waals surface area contributed by atoms with Gasteiger partial charge in [-0.05, 0) is 20.3 Å². The van der Waals surface area contributed by atoms with Crippen molar-refractivity contribution in [3.05, 3.63) is 16.4 Å². The van der Waals surface area contributed by atoms with Crippen LogP contribution >= 0.6 is 11.6 Å². The number of aliphatic hydroxyl groups is 1. The third kappa shape index (κ3) is 2.24. The van der Waals surface area contributed by atoms with E-state index in [4.69, 9.17) is 11.6 Å². The lowest BCUT2D eigenvalue weighted by Gasteiger charge is -2.15. The number of likely N-dealkylation sites (tertiary alicyclic amines) is 1. The van der Waals surface area contributed by atoms with Crippen LogP contribution in [0.15, 0.2) is 0 Å². The molecule has 4 nitrogen and oxygen atoms in total. The van der Waals surface area contributed by atoms with E-state index in [-0.39, 0.29) is 6.10 Å². The summed E-state index contributed by atoms with van der Waals surface area (Å²) in [6.45, 7) is 7.28. The summed E-state index contributed by atoms with van der Waals surface area (Å²) in [5, 5.41) is 14.6. The van der Waals surface area contributed by atoms with Crippen molar-refractivity contribution >= 4 is 11.6 Å². The molecular weight excluding hydrogens is 226 g/mol. The molecule has 5 heteroatoms. The van der Waals surface area contributed by atoms with Crippen molar-refractivity contribution in [2.75, 3.05) is 13.1 Å². The van der Waals surface area contributed by atoms with Crippen LogP contribution in [-0.2, 0) is 13.1 Å². The highest BCUT2D eigenvalue weighted by Crippen LogP contribution is 2.23. The molecule has 1 atom stereocenters. The van der Waals surface area contributed by atoms with E-state index in [0.717, 1.165) is 49.0 Å². The molecule has 1 N–H and O–H groups in total. The van der Waals surface area contributed by atoms with E-state index >= 15 is 0 Å². The minimum Gasteiger partial charge on any atom is -0.392 e. The number of β-amino-alcohol motifs (C(OH)–C–C–N with tert-alkyl or cyclic N) is 1. The van der Waals surface area contributed by atoms with Gasteiger partial charge in [0.2, 0.25) is 0 Å². The van der Waals surface area contributed by atoms with E-state index < -0.39 is 0 Å². The first-order chi connectivity index (χ1) is 7.61. The van der Waals surface area contributed by atoms with E-state index in [9.17, 15) is 5.11 Å². The Kier molecular flexibility index (Phi) is 3.52. The molecule has 1 aliphatic rings. The molecule has 0 bridgehead atoms. The molecule has 1 aromatic rings. The van der Waals surface area contributed by atoms with Gasteiger partial charge in [-0.3, -0.25) is 9.58 Å². The normalized spacial score (nSPS) is 21.9. The van der Waals surface area contributed by atoms with Crippen LogP contribution in [0.2, 0.25) is 5.02 Å². The van der Waals surface area contributed by atoms with Crippen molar-refractivity contribution in [2.45, 2.75) is 39.5 Å². The van der Waals surface area contributed by atoms with Crippen molar-refractivity contribution in [1.82, 2.24) is 14.7 Å². The molecule has 1 fully saturated rings. The van der Waals surface area contributed by atoms with Gasteiger partial charge < -0.3 is 5.11 Å². The third-order valence-electron chi connectivity index (χ3n) is 3.07. The largest absolute Gasteiger partial charge is 0.392 e. The molecule has 0 spiro atoms. The maximum atomic E-state index is 9.48. The van der Waals surface area contributed by atoms with Crippen LogP contribution in [0.4, 0.5) is 0 Å². The minimum atomic E-state index is -0.183. The first kappa shape index (κ1) is 11.9. The maximum Gasteiger partial charge on any atom is 0.0860 e. The van der Waals surface area contributed by atoms with Crippen LogP contribution in [-0.4, -0.2) is 39.0 Å². The molecule has 0 amide bonds. The summed E-state index contributed by atoms with van der Waals surface area (Å²) in [5.74, 6) is 0. The molecule has 0 aromatic carbocycles. The highest BCUT2D eigenvalue weighted by atomic mass is 35.5. The van der Waals surface area contributed by atoms with Gasteiger partial charge in [-0.15, -0.1) is 0 Å². The molecule has 1 saturated heterocycles. The first-order valence-corrected chi connectivity index (χ1v) is 6.11. The van der Waals surface area contributed by atoms with Gasteiger partial charge in [0.05, 0.1) is 22.5 Å². The Morgan fingerprint density at radius 1 is 1.56 bits per heavy atom. The van der Waals surface area contributed by atoms with Gasteiger partial charge in [0.25, 0.3) is 0 Å². The second-order valence-electron chi connectivity index (χ2n) is 4.34. The van der Waals surface area contributed by atoms with E-state index in [1.165, 1.54) is 0 Å². The fraction of sp³-hybridized carbons (Fsp3) is 0.727. The first-order valence-electron chi connectivity index (χ1n) is 5.74. The Hall–Kier alpha value is -0.580. The second-order valence-corrected chi connectivity index (χ2v) is 4.72. The molecule has 1 unspecified atom stereocenters. The van der Waals surface area contributed by atoms with Gasteiger partial charge in [0.1, 0.15) is 0 Å². The summed E-state index contributed by atoms with van der Waals surface area (Å²) in [6, 6.07) is 0. The third-order valence-corrected chi connectivity index (χ3v) is 3.57. The van der Waals surface area contributed by atoms with Gasteiger partial charge in [0, 0.05) is 26.2 Å². The summed E-state index contributed by atoms with van der Waals surface area (Å²) >= 11 is 6.24. The molecule has 2 rings (SSSR count). The van der Waals surface area contributed by atoms with Gasteiger partial charge in [-0.1, -0.05) is 11.6 Å². The van der Waals surface area contributed by atoms with Crippen LogP contribution < -0.4 is 0 Å². The van der Waals surface area contributed by atoms with E-state index in [2.05, 4.69) is 16.9 Å². The number of hydrogen-bond acceptors (Lipinski definition) is 3. The smallest absolute Gasteiger partial charge is 0.0860 e. The highest BCUT2D eigenvalue weighted by molar-refractivity contribution is 6.31. The standard InChI is InChI=1S/C11H18ClN3O/c1-3-15-10(11(12)8(2)13-15)7-14-5-4-9(16)6-14/h9,16H,3-7H2,1-2H3. The summed E-state index contributed by atoms with van der Waals surface area (Å²) in [7, 11) is 0. The predicted molar refractivity (Wildman–Crippen MR) is 63.5 cm³/mol. The second kappa shape index (κ2) is 4.73. The number of halogens is 1. The zero-order valence-corrected chi connectivity index (χ0v) is 10.5. The highest BCUT2D eigenvalue weighted by Gasteiger charge is 2.23. The van der Waals surface area contributed by atoms with Gasteiger partial charge in [-0.2, -0.15) is 5.10 Å². The molecule has 0 radical (unpaired) electrons. The molecule has 1 aliphatic heterocycles. The van der Waals surface area contributed by atoms with Crippen molar-refractivity contribution in [3.63, 3.8) is 0 Å². The van der Waals surface area contributed by atoms with Crippen molar-refractivity contribution in [3.8, 4) is 0 Å². The summed E-state index contributed by atoms with van der Waals surface area (Å²) in [4.78, 5) is 2.22. The monoisotopic (exact) mass is 243 g/mol. The van der Waals surface area contributed by atoms with Crippen LogP contribution in [0.5, 0.6) is 0 Å². The average Bonchev–Trinajstić information content (AvgIpc) is 2.77. The Balaban J connectivity index is 2.14. The Morgan fingerprint density at radius 3 is 2.88 bits per heavy atom. The minimum absolute atomic E-state index is 0.183. The Morgan fingerprint density at radius 2 is 2.31 bits per heavy atom. The van der Waals surface area contributed by atoms with Gasteiger partial charge >= 0.3 is 0 Å². The molecule has 16 heavy (non-hydrogen) atoms. The quantitative estimate of drug-likeness (QED) is 0.873. The van der Waals surface area contributed by atoms with Gasteiger partial charge in [-0.25, -0.2) is 0 Å². The molecule has 1 aromatic heterocycles. The summed E-state index contributed by atoms with van der Waals surface area (Å²) in [5.41, 5.74) is 1.95. The lowest BCUT2D eigenvalue weighted by Crippen LogP contribution is -2.23. The lowest BCUT2D eigenvalue weighted by atomic mass is 10.3. The summed E-state index contributed by atoms with van der Waals surface area (Å²) in [6.07, 6.45) is 0.675. The van der Waals surface area contributed by atoms with Crippen molar-refractivity contribution in [2.24, 2.45) is 0 Å². The Bertz CT molecular complexity index is 378. The SMILES string of the molecule is CCn1nc(C)c(Cl)c1CN1CCC(O)C1. The van der Waals surface area contributed by atoms with Crippen molar-refractivity contribution in [1.29, 1.82) is 0 Å². The van der Waals surface area contributed by atoms with Crippen molar-refractivity contribution < 1.29 is 5.11 Å². The van der Waals surface area contributed by atoms with E-state index in [1.807, 2.05) is 11.6 Å². The topological polar surface area (TPSA) is 41.3 Å². The average molecular weight is 244 g/mol. The number of aromatic nitrogens is 2. The number of hydrogen-bond donors (Lipinski definition) is 1. The zero-order valence-electron chi connectivity index (χ0n) is 9.78. The number of nitrogens with zero attached hydrogens (tertiary/aromatic N) is 3. The fourth-order valence-corrected chi connectivity index (χ4v) is 2.38. The van der Waals surface area contributed by atoms with E-state index in [0.29, 0.717) is 0 Å². The molecule has 0 aliphatic carbocycles. The van der Waals surface area contributed by atoms with Gasteiger partial charge in [0.15, 0.2) is 0 Å². The molecule has 90 valence electrons. The Labute approximate surface area is 101 Å². The maximum absolute atomic E-state index is 9.48. The fourth-order valence-electron chi connectivity index (χ4n) is 2.19. The molecular formula is C11H18ClN3O.